The Balaban J connectivity index is 1.56. The van der Waals surface area contributed by atoms with Crippen molar-refractivity contribution in [1.82, 2.24) is 14.8 Å². The molecule has 2 bridgehead atoms. The van der Waals surface area contributed by atoms with Crippen LogP contribution < -0.4 is 4.74 Å². The van der Waals surface area contributed by atoms with Gasteiger partial charge in [0.05, 0.1) is 24.4 Å². The Bertz CT molecular complexity index is 1080. The molecule has 0 spiro atoms. The van der Waals surface area contributed by atoms with Crippen molar-refractivity contribution in [3.05, 3.63) is 83.6 Å². The van der Waals surface area contributed by atoms with Gasteiger partial charge in [-0.1, -0.05) is 36.4 Å². The fourth-order valence-corrected chi connectivity index (χ4v) is 5.19. The molecular formula is C26H29N3O. The van der Waals surface area contributed by atoms with Crippen LogP contribution in [0.5, 0.6) is 5.75 Å². The minimum absolute atomic E-state index is 0.295. The molecule has 4 heteroatoms. The second-order valence-corrected chi connectivity index (χ2v) is 8.51. The van der Waals surface area contributed by atoms with Crippen LogP contribution in [-0.4, -0.2) is 47.6 Å². The van der Waals surface area contributed by atoms with Gasteiger partial charge in [0.2, 0.25) is 0 Å². The van der Waals surface area contributed by atoms with Gasteiger partial charge >= 0.3 is 0 Å². The van der Waals surface area contributed by atoms with Crippen LogP contribution in [0.4, 0.5) is 0 Å². The van der Waals surface area contributed by atoms with Gasteiger partial charge in [-0.15, -0.1) is 6.58 Å². The smallest absolute Gasteiger partial charge is 0.118 e. The third-order valence-electron chi connectivity index (χ3n) is 6.78. The minimum atomic E-state index is 0.295. The molecule has 0 radical (unpaired) electrons. The summed E-state index contributed by atoms with van der Waals surface area (Å²) in [6.45, 7) is 10.2. The number of hydrogen-bond donors (Lipinski definition) is 0. The lowest BCUT2D eigenvalue weighted by Crippen LogP contribution is -2.53. The molecule has 2 atom stereocenters. The molecule has 154 valence electrons. The number of hydrogen-bond acceptors (Lipinski definition) is 4. The van der Waals surface area contributed by atoms with E-state index in [1.165, 1.54) is 27.8 Å². The predicted molar refractivity (Wildman–Crippen MR) is 122 cm³/mol. The van der Waals surface area contributed by atoms with Gasteiger partial charge < -0.3 is 4.74 Å². The number of nitrogens with zero attached hydrogens (tertiary/aromatic N) is 3. The summed E-state index contributed by atoms with van der Waals surface area (Å²) in [7, 11) is 1.71. The minimum Gasteiger partial charge on any atom is -0.497 e. The van der Waals surface area contributed by atoms with E-state index < -0.39 is 0 Å². The number of aromatic nitrogens is 1. The summed E-state index contributed by atoms with van der Waals surface area (Å²) >= 11 is 0. The van der Waals surface area contributed by atoms with E-state index in [-0.39, 0.29) is 0 Å². The average molecular weight is 400 g/mol. The lowest BCUT2D eigenvalue weighted by molar-refractivity contribution is 0.0366. The normalized spacial score (nSPS) is 21.4. The Morgan fingerprint density at radius 2 is 1.90 bits per heavy atom. The highest BCUT2D eigenvalue weighted by Gasteiger charge is 2.40. The van der Waals surface area contributed by atoms with Crippen LogP contribution in [0.1, 0.15) is 28.4 Å². The maximum absolute atomic E-state index is 5.33. The van der Waals surface area contributed by atoms with Crippen molar-refractivity contribution >= 4 is 10.9 Å². The van der Waals surface area contributed by atoms with E-state index >= 15 is 0 Å². The maximum Gasteiger partial charge on any atom is 0.118 e. The number of methoxy groups -OCH3 is 1. The van der Waals surface area contributed by atoms with E-state index in [1.54, 1.807) is 7.11 Å². The SMILES string of the molecule is C=CCN1C[C@@H]2c3nc4ccccc4c(C)c3C[C@H]1CN2Cc1ccc(OC)cc1. The second kappa shape index (κ2) is 7.86. The van der Waals surface area contributed by atoms with Gasteiger partial charge in [-0.3, -0.25) is 14.8 Å². The number of fused-ring (bicyclic) bond motifs is 3. The van der Waals surface area contributed by atoms with Crippen molar-refractivity contribution < 1.29 is 4.74 Å². The molecule has 0 N–H and O–H groups in total. The van der Waals surface area contributed by atoms with Crippen molar-refractivity contribution in [3.63, 3.8) is 0 Å². The number of ether oxygens (including phenoxy) is 1. The second-order valence-electron chi connectivity index (χ2n) is 8.51. The number of benzene rings is 2. The first kappa shape index (κ1) is 19.3. The first-order chi connectivity index (χ1) is 14.7. The molecule has 0 unspecified atom stereocenters. The van der Waals surface area contributed by atoms with Crippen LogP contribution in [0.25, 0.3) is 10.9 Å². The lowest BCUT2D eigenvalue weighted by atomic mass is 9.96. The fraction of sp³-hybridized carbons (Fsp3) is 0.346. The number of aryl methyl sites for hydroxylation is 1. The zero-order valence-electron chi connectivity index (χ0n) is 17.8. The standard InChI is InChI=1S/C26H29N3O/c1-4-13-28-17-25-26-23(18(2)22-7-5-6-8-24(22)27-26)14-20(28)16-29(25)15-19-9-11-21(30-3)12-10-19/h4-12,20,25H,1,13-17H2,2-3H3/t20-,25+/m0/s1. The Morgan fingerprint density at radius 3 is 2.67 bits per heavy atom. The van der Waals surface area contributed by atoms with E-state index in [2.05, 4.69) is 71.8 Å². The van der Waals surface area contributed by atoms with Crippen molar-refractivity contribution in [2.75, 3.05) is 26.7 Å². The van der Waals surface area contributed by atoms with Gasteiger partial charge in [0.15, 0.2) is 0 Å². The Labute approximate surface area is 178 Å². The molecular weight excluding hydrogens is 370 g/mol. The Kier molecular flexibility index (Phi) is 5.05. The average Bonchev–Trinajstić information content (AvgIpc) is 3.01. The van der Waals surface area contributed by atoms with Crippen molar-refractivity contribution in [1.29, 1.82) is 0 Å². The van der Waals surface area contributed by atoms with Crippen LogP contribution in [-0.2, 0) is 13.0 Å². The van der Waals surface area contributed by atoms with E-state index in [0.29, 0.717) is 12.1 Å². The molecule has 3 aliphatic rings. The molecule has 0 amide bonds. The van der Waals surface area contributed by atoms with Gasteiger partial charge in [-0.2, -0.15) is 0 Å². The molecule has 1 fully saturated rings. The van der Waals surface area contributed by atoms with Crippen LogP contribution >= 0.6 is 0 Å². The number of rotatable bonds is 5. The molecule has 6 rings (SSSR count). The quantitative estimate of drug-likeness (QED) is 0.590. The first-order valence-electron chi connectivity index (χ1n) is 10.8. The van der Waals surface area contributed by atoms with Gasteiger partial charge in [-0.05, 0) is 48.2 Å². The Hall–Kier alpha value is -2.69. The first-order valence-corrected chi connectivity index (χ1v) is 10.8. The molecule has 1 aromatic heterocycles. The highest BCUT2D eigenvalue weighted by atomic mass is 16.5. The van der Waals surface area contributed by atoms with Gasteiger partial charge in [-0.25, -0.2) is 0 Å². The number of piperazine rings is 1. The van der Waals surface area contributed by atoms with Crippen LogP contribution in [0, 0.1) is 6.92 Å². The third-order valence-corrected chi connectivity index (χ3v) is 6.78. The summed E-state index contributed by atoms with van der Waals surface area (Å²) in [5.41, 5.74) is 6.55. The van der Waals surface area contributed by atoms with Crippen molar-refractivity contribution in [2.45, 2.75) is 32.0 Å². The molecule has 3 aliphatic heterocycles. The molecule has 0 aliphatic carbocycles. The van der Waals surface area contributed by atoms with E-state index in [9.17, 15) is 0 Å². The summed E-state index contributed by atoms with van der Waals surface area (Å²) in [4.78, 5) is 10.4. The monoisotopic (exact) mass is 399 g/mol. The zero-order valence-corrected chi connectivity index (χ0v) is 17.8. The molecule has 30 heavy (non-hydrogen) atoms. The number of pyridine rings is 1. The summed E-state index contributed by atoms with van der Waals surface area (Å²) in [5.74, 6) is 0.905. The van der Waals surface area contributed by atoms with Crippen molar-refractivity contribution in [3.8, 4) is 5.75 Å². The summed E-state index contributed by atoms with van der Waals surface area (Å²) < 4.78 is 5.33. The largest absolute Gasteiger partial charge is 0.497 e. The maximum atomic E-state index is 5.33. The predicted octanol–water partition coefficient (Wildman–Crippen LogP) is 4.52. The lowest BCUT2D eigenvalue weighted by Gasteiger charge is -2.43. The highest BCUT2D eigenvalue weighted by Crippen LogP contribution is 2.39. The van der Waals surface area contributed by atoms with Crippen LogP contribution in [0.15, 0.2) is 61.2 Å². The van der Waals surface area contributed by atoms with Gasteiger partial charge in [0.25, 0.3) is 0 Å². The highest BCUT2D eigenvalue weighted by molar-refractivity contribution is 5.83. The van der Waals surface area contributed by atoms with E-state index in [1.807, 2.05) is 6.08 Å². The fourth-order valence-electron chi connectivity index (χ4n) is 5.19. The summed E-state index contributed by atoms with van der Waals surface area (Å²) in [5, 5.41) is 1.29. The Morgan fingerprint density at radius 1 is 1.10 bits per heavy atom. The molecule has 4 nitrogen and oxygen atoms in total. The topological polar surface area (TPSA) is 28.6 Å². The molecule has 4 heterocycles. The van der Waals surface area contributed by atoms with Crippen LogP contribution in [0.3, 0.4) is 0 Å². The van der Waals surface area contributed by atoms with Crippen molar-refractivity contribution in [2.24, 2.45) is 0 Å². The summed E-state index contributed by atoms with van der Waals surface area (Å²) in [6, 6.07) is 17.8. The van der Waals surface area contributed by atoms with E-state index in [4.69, 9.17) is 9.72 Å². The molecule has 3 aromatic rings. The van der Waals surface area contributed by atoms with Gasteiger partial charge in [0.1, 0.15) is 5.75 Å². The molecule has 2 aromatic carbocycles. The summed E-state index contributed by atoms with van der Waals surface area (Å²) in [6.07, 6.45) is 3.10. The van der Waals surface area contributed by atoms with Gasteiger partial charge in [0, 0.05) is 37.6 Å². The van der Waals surface area contributed by atoms with E-state index in [0.717, 1.165) is 43.9 Å². The van der Waals surface area contributed by atoms with Crippen LogP contribution in [0.2, 0.25) is 0 Å². The number of para-hydroxylation sites is 1. The molecule has 0 saturated carbocycles. The molecule has 1 saturated heterocycles. The zero-order chi connectivity index (χ0) is 20.7. The third kappa shape index (κ3) is 3.30.